The molecule has 3 aromatic carbocycles. The minimum absolute atomic E-state index is 0.306. The topological polar surface area (TPSA) is 44.8 Å². The molecule has 0 heterocycles. The zero-order chi connectivity index (χ0) is 20.9. The fraction of sp³-hybridized carbons (Fsp3) is 0.250. The van der Waals surface area contributed by atoms with Gasteiger partial charge in [0.05, 0.1) is 0 Å². The molecule has 29 heavy (non-hydrogen) atoms. The van der Waals surface area contributed by atoms with Crippen LogP contribution in [0, 0.1) is 0 Å². The van der Waals surface area contributed by atoms with Gasteiger partial charge in [0.1, 0.15) is 17.2 Å². The summed E-state index contributed by atoms with van der Waals surface area (Å²) in [5.74, 6) is 1.97. The van der Waals surface area contributed by atoms with E-state index in [1.54, 1.807) is 48.5 Å². The summed E-state index contributed by atoms with van der Waals surface area (Å²) in [6, 6.07) is 23.5. The zero-order valence-corrected chi connectivity index (χ0v) is 18.1. The first-order valence-electron chi connectivity index (χ1n) is 9.79. The average molecular weight is 410 g/mol. The number of hydrogen-bond donors (Lipinski definition) is 0. The molecule has 152 valence electrons. The first kappa shape index (κ1) is 21.0. The lowest BCUT2D eigenvalue weighted by Crippen LogP contribution is -2.08. The van der Waals surface area contributed by atoms with Crippen molar-refractivity contribution in [3.05, 3.63) is 90.0 Å². The summed E-state index contributed by atoms with van der Waals surface area (Å²) in [6.07, 6.45) is 0. The van der Waals surface area contributed by atoms with Crippen LogP contribution < -0.4 is 13.6 Å². The van der Waals surface area contributed by atoms with E-state index in [1.165, 1.54) is 5.56 Å². The molecule has 0 aromatic heterocycles. The van der Waals surface area contributed by atoms with Crippen molar-refractivity contribution in [1.82, 2.24) is 0 Å². The van der Waals surface area contributed by atoms with Gasteiger partial charge in [-0.2, -0.15) is 4.57 Å². The predicted octanol–water partition coefficient (Wildman–Crippen LogP) is 7.58. The van der Waals surface area contributed by atoms with Crippen LogP contribution in [0.4, 0.5) is 0 Å². The summed E-state index contributed by atoms with van der Waals surface area (Å²) in [5.41, 5.74) is 2.40. The molecule has 0 spiro atoms. The van der Waals surface area contributed by atoms with Crippen LogP contribution in [-0.2, 0) is 4.57 Å². The highest BCUT2D eigenvalue weighted by molar-refractivity contribution is 7.49. The highest BCUT2D eigenvalue weighted by Gasteiger charge is 2.33. The third kappa shape index (κ3) is 5.65. The fourth-order valence-corrected chi connectivity index (χ4v) is 4.28. The molecule has 0 radical (unpaired) electrons. The Morgan fingerprint density at radius 1 is 0.586 bits per heavy atom. The Kier molecular flexibility index (Phi) is 6.66. The molecule has 0 atom stereocenters. The van der Waals surface area contributed by atoms with Crippen molar-refractivity contribution in [2.45, 2.75) is 39.5 Å². The molecule has 0 aliphatic rings. The molecule has 0 saturated carbocycles. The van der Waals surface area contributed by atoms with E-state index in [-0.39, 0.29) is 0 Å². The molecule has 0 saturated heterocycles. The standard InChI is InChI=1S/C24H27O4P/c1-18(2)23-16-15-22(17-24(23)19(3)4)28-29(25,26-20-11-7-5-8-12-20)27-21-13-9-6-10-14-21/h5-19H,1-4H3. The lowest BCUT2D eigenvalue weighted by Gasteiger charge is -2.21. The number of benzene rings is 3. The summed E-state index contributed by atoms with van der Waals surface area (Å²) in [7, 11) is -3.97. The lowest BCUT2D eigenvalue weighted by molar-refractivity contribution is 0.298. The van der Waals surface area contributed by atoms with E-state index >= 15 is 0 Å². The predicted molar refractivity (Wildman–Crippen MR) is 117 cm³/mol. The molecule has 0 amide bonds. The summed E-state index contributed by atoms with van der Waals surface area (Å²) in [4.78, 5) is 0. The molecule has 0 aliphatic carbocycles. The van der Waals surface area contributed by atoms with E-state index in [1.807, 2.05) is 30.3 Å². The van der Waals surface area contributed by atoms with Crippen LogP contribution in [0.15, 0.2) is 78.9 Å². The van der Waals surface area contributed by atoms with E-state index in [0.717, 1.165) is 5.56 Å². The lowest BCUT2D eigenvalue weighted by atomic mass is 9.90. The average Bonchev–Trinajstić information content (AvgIpc) is 2.69. The highest BCUT2D eigenvalue weighted by atomic mass is 31.2. The van der Waals surface area contributed by atoms with E-state index < -0.39 is 7.82 Å². The molecule has 3 rings (SSSR count). The van der Waals surface area contributed by atoms with Gasteiger partial charge < -0.3 is 13.6 Å². The smallest absolute Gasteiger partial charge is 0.386 e. The second kappa shape index (κ2) is 9.19. The minimum Gasteiger partial charge on any atom is -0.386 e. The molecular formula is C24H27O4P. The molecule has 5 heteroatoms. The van der Waals surface area contributed by atoms with Gasteiger partial charge in [0, 0.05) is 0 Å². The first-order valence-corrected chi connectivity index (χ1v) is 11.2. The van der Waals surface area contributed by atoms with Gasteiger partial charge in [-0.05, 0) is 59.4 Å². The van der Waals surface area contributed by atoms with Crippen LogP contribution in [-0.4, -0.2) is 0 Å². The van der Waals surface area contributed by atoms with Gasteiger partial charge in [0.2, 0.25) is 0 Å². The fourth-order valence-electron chi connectivity index (χ4n) is 3.04. The Morgan fingerprint density at radius 3 is 1.48 bits per heavy atom. The van der Waals surface area contributed by atoms with Gasteiger partial charge in [-0.25, -0.2) is 0 Å². The van der Waals surface area contributed by atoms with Crippen LogP contribution in [0.25, 0.3) is 0 Å². The highest BCUT2D eigenvalue weighted by Crippen LogP contribution is 2.50. The normalized spacial score (nSPS) is 11.5. The molecular weight excluding hydrogens is 383 g/mol. The van der Waals surface area contributed by atoms with Crippen molar-refractivity contribution >= 4 is 7.82 Å². The number of rotatable bonds is 8. The number of phosphoric acid groups is 1. The summed E-state index contributed by atoms with van der Waals surface area (Å²) in [5, 5.41) is 0. The van der Waals surface area contributed by atoms with Gasteiger partial charge in [-0.3, -0.25) is 0 Å². The Balaban J connectivity index is 1.94. The van der Waals surface area contributed by atoms with Gasteiger partial charge in [0.25, 0.3) is 0 Å². The Labute approximate surface area is 173 Å². The SMILES string of the molecule is CC(C)c1ccc(OP(=O)(Oc2ccccc2)Oc2ccccc2)cc1C(C)C. The van der Waals surface area contributed by atoms with Crippen molar-refractivity contribution in [1.29, 1.82) is 0 Å². The van der Waals surface area contributed by atoms with E-state index in [0.29, 0.717) is 29.1 Å². The third-order valence-electron chi connectivity index (χ3n) is 4.44. The molecule has 4 nitrogen and oxygen atoms in total. The summed E-state index contributed by atoms with van der Waals surface area (Å²) < 4.78 is 30.8. The van der Waals surface area contributed by atoms with Crippen molar-refractivity contribution in [3.8, 4) is 17.2 Å². The first-order chi connectivity index (χ1) is 13.9. The largest absolute Gasteiger partial charge is 0.647 e. The number of para-hydroxylation sites is 2. The molecule has 0 bridgehead atoms. The third-order valence-corrected chi connectivity index (χ3v) is 5.74. The minimum atomic E-state index is -3.97. The molecule has 0 aliphatic heterocycles. The van der Waals surface area contributed by atoms with E-state index in [2.05, 4.69) is 27.7 Å². The van der Waals surface area contributed by atoms with Crippen LogP contribution in [0.1, 0.15) is 50.7 Å². The van der Waals surface area contributed by atoms with Gasteiger partial charge in [0.15, 0.2) is 0 Å². The second-order valence-corrected chi connectivity index (χ2v) is 8.89. The Hall–Kier alpha value is -2.71. The van der Waals surface area contributed by atoms with Crippen molar-refractivity contribution in [2.24, 2.45) is 0 Å². The molecule has 0 unspecified atom stereocenters. The zero-order valence-electron chi connectivity index (χ0n) is 17.2. The van der Waals surface area contributed by atoms with Crippen LogP contribution in [0.2, 0.25) is 0 Å². The number of hydrogen-bond acceptors (Lipinski definition) is 4. The van der Waals surface area contributed by atoms with E-state index in [9.17, 15) is 4.57 Å². The second-order valence-electron chi connectivity index (χ2n) is 7.45. The van der Waals surface area contributed by atoms with Crippen LogP contribution in [0.3, 0.4) is 0 Å². The maximum absolute atomic E-state index is 13.6. The van der Waals surface area contributed by atoms with Crippen molar-refractivity contribution in [3.63, 3.8) is 0 Å². The van der Waals surface area contributed by atoms with Crippen molar-refractivity contribution < 1.29 is 18.1 Å². The van der Waals surface area contributed by atoms with Gasteiger partial charge in [-0.15, -0.1) is 0 Å². The molecule has 0 N–H and O–H groups in total. The monoisotopic (exact) mass is 410 g/mol. The maximum atomic E-state index is 13.6. The Bertz CT molecular complexity index is 923. The number of phosphoric ester groups is 1. The van der Waals surface area contributed by atoms with Gasteiger partial charge in [-0.1, -0.05) is 70.2 Å². The summed E-state index contributed by atoms with van der Waals surface area (Å²) >= 11 is 0. The maximum Gasteiger partial charge on any atom is 0.647 e. The quantitative estimate of drug-likeness (QED) is 0.359. The van der Waals surface area contributed by atoms with Crippen LogP contribution in [0.5, 0.6) is 17.2 Å². The van der Waals surface area contributed by atoms with Crippen LogP contribution >= 0.6 is 7.82 Å². The Morgan fingerprint density at radius 2 is 1.03 bits per heavy atom. The van der Waals surface area contributed by atoms with E-state index in [4.69, 9.17) is 13.6 Å². The molecule has 0 fully saturated rings. The summed E-state index contributed by atoms with van der Waals surface area (Å²) in [6.45, 7) is 8.57. The van der Waals surface area contributed by atoms with Crippen molar-refractivity contribution in [2.75, 3.05) is 0 Å². The van der Waals surface area contributed by atoms with Gasteiger partial charge >= 0.3 is 7.82 Å². The molecule has 3 aromatic rings.